The zero-order chi connectivity index (χ0) is 11.8. The molecule has 17 heavy (non-hydrogen) atoms. The first-order valence-corrected chi connectivity index (χ1v) is 6.15. The van der Waals surface area contributed by atoms with Crippen LogP contribution in [-0.4, -0.2) is 9.97 Å². The van der Waals surface area contributed by atoms with Gasteiger partial charge in [-0.05, 0) is 24.1 Å². The molecule has 1 aromatic carbocycles. The maximum Gasteiger partial charge on any atom is 0.130 e. The van der Waals surface area contributed by atoms with Crippen LogP contribution in [0.25, 0.3) is 11.3 Å². The summed E-state index contributed by atoms with van der Waals surface area (Å²) in [4.78, 5) is 7.95. The Morgan fingerprint density at radius 2 is 2.18 bits per heavy atom. The van der Waals surface area contributed by atoms with Crippen molar-refractivity contribution < 1.29 is 4.74 Å². The quantitative estimate of drug-likeness (QED) is 0.857. The Morgan fingerprint density at radius 1 is 1.29 bits per heavy atom. The average Bonchev–Trinajstić information content (AvgIpc) is 2.81. The van der Waals surface area contributed by atoms with Crippen molar-refractivity contribution in [2.75, 3.05) is 0 Å². The number of imidazole rings is 1. The minimum absolute atomic E-state index is 0.600. The Labute approximate surface area is 101 Å². The minimum Gasteiger partial charge on any atom is -0.487 e. The number of aromatic nitrogens is 2. The maximum absolute atomic E-state index is 5.78. The number of rotatable bonds is 2. The first kappa shape index (κ1) is 10.4. The lowest BCUT2D eigenvalue weighted by molar-refractivity contribution is 0.297. The van der Waals surface area contributed by atoms with Gasteiger partial charge in [0.05, 0.1) is 11.4 Å². The zero-order valence-electron chi connectivity index (χ0n) is 10.2. The molecule has 3 nitrogen and oxygen atoms in total. The third-order valence-electron chi connectivity index (χ3n) is 3.24. The molecule has 0 saturated carbocycles. The summed E-state index contributed by atoms with van der Waals surface area (Å²) in [6.07, 6.45) is 1.96. The monoisotopic (exact) mass is 228 g/mol. The van der Waals surface area contributed by atoms with E-state index in [0.717, 1.165) is 41.4 Å². The van der Waals surface area contributed by atoms with Crippen molar-refractivity contribution >= 4 is 0 Å². The SMILES string of the molecule is CCc1ccc2c(c1)OCc1[nH]c(CC)nc1-2. The summed E-state index contributed by atoms with van der Waals surface area (Å²) in [5.41, 5.74) is 4.57. The number of nitrogens with one attached hydrogen (secondary N) is 1. The molecule has 1 aliphatic heterocycles. The van der Waals surface area contributed by atoms with Crippen LogP contribution in [0.4, 0.5) is 0 Å². The van der Waals surface area contributed by atoms with Crippen molar-refractivity contribution in [2.45, 2.75) is 33.3 Å². The van der Waals surface area contributed by atoms with Crippen molar-refractivity contribution in [1.82, 2.24) is 9.97 Å². The second kappa shape index (κ2) is 3.91. The second-order valence-electron chi connectivity index (χ2n) is 4.34. The third-order valence-corrected chi connectivity index (χ3v) is 3.24. The van der Waals surface area contributed by atoms with E-state index >= 15 is 0 Å². The molecular weight excluding hydrogens is 212 g/mol. The topological polar surface area (TPSA) is 37.9 Å². The highest BCUT2D eigenvalue weighted by Crippen LogP contribution is 2.36. The molecule has 0 bridgehead atoms. The Morgan fingerprint density at radius 3 is 2.94 bits per heavy atom. The number of nitrogens with zero attached hydrogens (tertiary/aromatic N) is 1. The number of fused-ring (bicyclic) bond motifs is 3. The van der Waals surface area contributed by atoms with Gasteiger partial charge in [-0.1, -0.05) is 19.9 Å². The van der Waals surface area contributed by atoms with E-state index in [1.54, 1.807) is 0 Å². The molecule has 1 aliphatic rings. The molecule has 0 amide bonds. The summed E-state index contributed by atoms with van der Waals surface area (Å²) >= 11 is 0. The van der Waals surface area contributed by atoms with E-state index in [1.165, 1.54) is 5.56 Å². The van der Waals surface area contributed by atoms with Gasteiger partial charge in [0, 0.05) is 12.0 Å². The molecule has 0 aliphatic carbocycles. The third kappa shape index (κ3) is 1.62. The van der Waals surface area contributed by atoms with Crippen LogP contribution in [0.5, 0.6) is 5.75 Å². The zero-order valence-corrected chi connectivity index (χ0v) is 10.2. The standard InChI is InChI=1S/C14H16N2O/c1-3-9-5-6-10-12(7-9)17-8-11-14(10)16-13(4-2)15-11/h5-7H,3-4,8H2,1-2H3,(H,15,16). The number of hydrogen-bond donors (Lipinski definition) is 1. The number of hydrogen-bond acceptors (Lipinski definition) is 2. The van der Waals surface area contributed by atoms with Gasteiger partial charge >= 0.3 is 0 Å². The molecule has 0 spiro atoms. The Balaban J connectivity index is 2.12. The molecule has 1 aromatic heterocycles. The average molecular weight is 228 g/mol. The molecule has 2 heterocycles. The molecular formula is C14H16N2O. The summed E-state index contributed by atoms with van der Waals surface area (Å²) in [7, 11) is 0. The van der Waals surface area contributed by atoms with Crippen LogP contribution in [0.1, 0.15) is 30.9 Å². The van der Waals surface area contributed by atoms with E-state index in [4.69, 9.17) is 4.74 Å². The lowest BCUT2D eigenvalue weighted by atomic mass is 10.0. The smallest absolute Gasteiger partial charge is 0.130 e. The van der Waals surface area contributed by atoms with Crippen molar-refractivity contribution in [2.24, 2.45) is 0 Å². The van der Waals surface area contributed by atoms with Crippen molar-refractivity contribution in [1.29, 1.82) is 0 Å². The maximum atomic E-state index is 5.78. The van der Waals surface area contributed by atoms with E-state index in [9.17, 15) is 0 Å². The highest BCUT2D eigenvalue weighted by molar-refractivity contribution is 5.71. The largest absolute Gasteiger partial charge is 0.487 e. The summed E-state index contributed by atoms with van der Waals surface area (Å²) in [6.45, 7) is 4.86. The Bertz CT molecular complexity index is 557. The van der Waals surface area contributed by atoms with Crippen LogP contribution in [0.15, 0.2) is 18.2 Å². The Kier molecular flexibility index (Phi) is 2.39. The van der Waals surface area contributed by atoms with E-state index in [2.05, 4.69) is 42.0 Å². The molecule has 0 radical (unpaired) electrons. The summed E-state index contributed by atoms with van der Waals surface area (Å²) in [6, 6.07) is 6.39. The highest BCUT2D eigenvalue weighted by Gasteiger charge is 2.21. The van der Waals surface area contributed by atoms with Gasteiger partial charge in [0.15, 0.2) is 0 Å². The number of ether oxygens (including phenoxy) is 1. The van der Waals surface area contributed by atoms with Gasteiger partial charge in [0.25, 0.3) is 0 Å². The van der Waals surface area contributed by atoms with E-state index < -0.39 is 0 Å². The van der Waals surface area contributed by atoms with Crippen molar-refractivity contribution in [3.8, 4) is 17.0 Å². The van der Waals surface area contributed by atoms with Gasteiger partial charge in [-0.3, -0.25) is 0 Å². The summed E-state index contributed by atoms with van der Waals surface area (Å²) in [5, 5.41) is 0. The normalized spacial score (nSPS) is 12.8. The van der Waals surface area contributed by atoms with Gasteiger partial charge in [-0.2, -0.15) is 0 Å². The van der Waals surface area contributed by atoms with Gasteiger partial charge in [0.2, 0.25) is 0 Å². The minimum atomic E-state index is 0.600. The van der Waals surface area contributed by atoms with Crippen molar-refractivity contribution in [3.05, 3.63) is 35.3 Å². The molecule has 0 unspecified atom stereocenters. The van der Waals surface area contributed by atoms with Gasteiger partial charge in [-0.15, -0.1) is 0 Å². The predicted octanol–water partition coefficient (Wildman–Crippen LogP) is 3.09. The lowest BCUT2D eigenvalue weighted by Crippen LogP contribution is -2.05. The van der Waals surface area contributed by atoms with Gasteiger partial charge < -0.3 is 9.72 Å². The highest BCUT2D eigenvalue weighted by atomic mass is 16.5. The molecule has 2 aromatic rings. The number of H-pyrrole nitrogens is 1. The second-order valence-corrected chi connectivity index (χ2v) is 4.34. The predicted molar refractivity (Wildman–Crippen MR) is 67.1 cm³/mol. The molecule has 3 rings (SSSR count). The summed E-state index contributed by atoms with van der Waals surface area (Å²) in [5.74, 6) is 2.00. The van der Waals surface area contributed by atoms with E-state index in [1.807, 2.05) is 0 Å². The van der Waals surface area contributed by atoms with Crippen LogP contribution < -0.4 is 4.74 Å². The van der Waals surface area contributed by atoms with Crippen LogP contribution >= 0.6 is 0 Å². The summed E-state index contributed by atoms with van der Waals surface area (Å²) < 4.78 is 5.78. The van der Waals surface area contributed by atoms with E-state index in [0.29, 0.717) is 6.61 Å². The number of benzene rings is 1. The van der Waals surface area contributed by atoms with Crippen LogP contribution in [-0.2, 0) is 19.4 Å². The molecule has 0 fully saturated rings. The van der Waals surface area contributed by atoms with Crippen molar-refractivity contribution in [3.63, 3.8) is 0 Å². The molecule has 0 atom stereocenters. The van der Waals surface area contributed by atoms with Crippen LogP contribution in [0.2, 0.25) is 0 Å². The molecule has 88 valence electrons. The Hall–Kier alpha value is -1.77. The first-order valence-electron chi connectivity index (χ1n) is 6.15. The van der Waals surface area contributed by atoms with Gasteiger partial charge in [0.1, 0.15) is 18.2 Å². The van der Waals surface area contributed by atoms with E-state index in [-0.39, 0.29) is 0 Å². The molecule has 3 heteroatoms. The van der Waals surface area contributed by atoms with Crippen LogP contribution in [0.3, 0.4) is 0 Å². The van der Waals surface area contributed by atoms with Crippen LogP contribution in [0, 0.1) is 0 Å². The fraction of sp³-hybridized carbons (Fsp3) is 0.357. The number of aromatic amines is 1. The number of aryl methyl sites for hydroxylation is 2. The molecule has 0 saturated heterocycles. The lowest BCUT2D eigenvalue weighted by Gasteiger charge is -2.17. The van der Waals surface area contributed by atoms with Gasteiger partial charge in [-0.25, -0.2) is 4.98 Å². The fourth-order valence-corrected chi connectivity index (χ4v) is 2.21. The first-order chi connectivity index (χ1) is 8.31. The molecule has 1 N–H and O–H groups in total. The fourth-order valence-electron chi connectivity index (χ4n) is 2.21.